The maximum atomic E-state index is 12.8. The van der Waals surface area contributed by atoms with Gasteiger partial charge in [-0.05, 0) is 53.7 Å². The normalized spacial score (nSPS) is 29.0. The first-order chi connectivity index (χ1) is 14.6. The molecule has 4 atom stereocenters. The van der Waals surface area contributed by atoms with E-state index in [1.54, 1.807) is 12.1 Å². The molecule has 152 valence electrons. The van der Waals surface area contributed by atoms with E-state index >= 15 is 0 Å². The maximum absolute atomic E-state index is 12.8. The van der Waals surface area contributed by atoms with E-state index in [0.29, 0.717) is 17.6 Å². The summed E-state index contributed by atoms with van der Waals surface area (Å²) in [5.41, 5.74) is 1.37. The molecule has 6 rings (SSSR count). The second kappa shape index (κ2) is 6.32. The maximum Gasteiger partial charge on any atom is 0.244 e. The molecule has 9 heteroatoms. The molecule has 0 radical (unpaired) electrons. The van der Waals surface area contributed by atoms with Crippen LogP contribution in [-0.4, -0.2) is 49.4 Å². The number of anilines is 1. The molecular weight excluding hydrogens is 384 g/mol. The number of rotatable bonds is 5. The molecule has 3 amide bonds. The molecule has 1 aliphatic heterocycles. The van der Waals surface area contributed by atoms with Gasteiger partial charge in [-0.25, -0.2) is 4.68 Å². The van der Waals surface area contributed by atoms with Crippen LogP contribution in [0.15, 0.2) is 36.4 Å². The Labute approximate surface area is 172 Å². The number of imide groups is 1. The Kier molecular flexibility index (Phi) is 3.68. The van der Waals surface area contributed by atoms with Crippen molar-refractivity contribution in [1.82, 2.24) is 25.1 Å². The summed E-state index contributed by atoms with van der Waals surface area (Å²) >= 11 is 0. The third kappa shape index (κ3) is 2.61. The number of tetrazole rings is 1. The third-order valence-electron chi connectivity index (χ3n) is 6.65. The molecule has 2 aromatic rings. The summed E-state index contributed by atoms with van der Waals surface area (Å²) in [4.78, 5) is 39.3. The topological polar surface area (TPSA) is 110 Å². The Bertz CT molecular complexity index is 1070. The van der Waals surface area contributed by atoms with Crippen LogP contribution in [-0.2, 0) is 14.4 Å². The molecule has 1 aromatic carbocycles. The van der Waals surface area contributed by atoms with Crippen molar-refractivity contribution in [3.05, 3.63) is 36.4 Å². The molecule has 3 aliphatic carbocycles. The average Bonchev–Trinajstić information content (AvgIpc) is 3.08. The Hall–Kier alpha value is -3.36. The van der Waals surface area contributed by atoms with Gasteiger partial charge in [0.05, 0.1) is 17.9 Å². The lowest BCUT2D eigenvalue weighted by molar-refractivity contribution is -0.143. The first-order valence-corrected chi connectivity index (χ1v) is 10.3. The van der Waals surface area contributed by atoms with Gasteiger partial charge in [-0.1, -0.05) is 24.3 Å². The van der Waals surface area contributed by atoms with E-state index in [-0.39, 0.29) is 42.0 Å². The van der Waals surface area contributed by atoms with Gasteiger partial charge in [-0.2, -0.15) is 0 Å². The van der Waals surface area contributed by atoms with Crippen molar-refractivity contribution in [2.75, 3.05) is 11.9 Å². The van der Waals surface area contributed by atoms with Gasteiger partial charge in [0.25, 0.3) is 0 Å². The number of carbonyl (C=O) groups excluding carboxylic acids is 3. The van der Waals surface area contributed by atoms with Gasteiger partial charge in [-0.15, -0.1) is 5.10 Å². The summed E-state index contributed by atoms with van der Waals surface area (Å²) in [6.07, 6.45) is 7.08. The van der Waals surface area contributed by atoms with Gasteiger partial charge in [0, 0.05) is 11.3 Å². The van der Waals surface area contributed by atoms with Gasteiger partial charge >= 0.3 is 0 Å². The Morgan fingerprint density at radius 3 is 2.53 bits per heavy atom. The van der Waals surface area contributed by atoms with Crippen LogP contribution in [0.5, 0.6) is 0 Å². The van der Waals surface area contributed by atoms with Gasteiger partial charge in [-0.3, -0.25) is 19.3 Å². The predicted octanol–water partition coefficient (Wildman–Crippen LogP) is 1.42. The summed E-state index contributed by atoms with van der Waals surface area (Å²) in [6.45, 7) is -0.256. The van der Waals surface area contributed by atoms with Crippen LogP contribution in [0.4, 0.5) is 5.69 Å². The summed E-state index contributed by atoms with van der Waals surface area (Å²) in [5, 5.41) is 14.7. The largest absolute Gasteiger partial charge is 0.325 e. The molecule has 30 heavy (non-hydrogen) atoms. The second-order valence-corrected chi connectivity index (χ2v) is 8.57. The number of aromatic nitrogens is 4. The quantitative estimate of drug-likeness (QED) is 0.596. The summed E-state index contributed by atoms with van der Waals surface area (Å²) in [5.74, 6) is -0.457. The van der Waals surface area contributed by atoms with E-state index in [1.165, 1.54) is 0 Å². The zero-order chi connectivity index (χ0) is 20.4. The highest BCUT2D eigenvalue weighted by Crippen LogP contribution is 2.52. The van der Waals surface area contributed by atoms with Crippen molar-refractivity contribution < 1.29 is 14.4 Å². The number of hydrogen-bond donors (Lipinski definition) is 1. The minimum absolute atomic E-state index is 0.138. The molecule has 0 spiro atoms. The lowest BCUT2D eigenvalue weighted by Crippen LogP contribution is -2.39. The fourth-order valence-corrected chi connectivity index (χ4v) is 5.15. The average molecular weight is 404 g/mol. The lowest BCUT2D eigenvalue weighted by Gasteiger charge is -2.17. The molecule has 1 N–H and O–H groups in total. The fourth-order valence-electron chi connectivity index (χ4n) is 5.15. The standard InChI is InChI=1S/C21H20N6O3/c28-16(10-26-20(29)17-11-4-5-12(8-11)18(17)21(26)30)22-14-3-1-2-13(9-14)19-23-24-25-27(19)15-6-7-15/h1-5,9,11-12,15,17-18H,6-8,10H2,(H,22,28). The van der Waals surface area contributed by atoms with Gasteiger partial charge in [0.1, 0.15) is 6.54 Å². The van der Waals surface area contributed by atoms with Crippen LogP contribution >= 0.6 is 0 Å². The number of benzene rings is 1. The van der Waals surface area contributed by atoms with Gasteiger partial charge < -0.3 is 5.32 Å². The van der Waals surface area contributed by atoms with E-state index in [9.17, 15) is 14.4 Å². The number of nitrogens with one attached hydrogen (secondary N) is 1. The van der Waals surface area contributed by atoms with Crippen molar-refractivity contribution in [3.63, 3.8) is 0 Å². The molecule has 9 nitrogen and oxygen atoms in total. The minimum atomic E-state index is -0.393. The molecule has 2 bridgehead atoms. The molecule has 4 unspecified atom stereocenters. The lowest BCUT2D eigenvalue weighted by atomic mass is 9.85. The van der Waals surface area contributed by atoms with E-state index in [1.807, 2.05) is 29.0 Å². The SMILES string of the molecule is O=C(CN1C(=O)C2C3C=CC(C3)C2C1=O)Nc1cccc(-c2nnnn2C2CC2)c1. The van der Waals surface area contributed by atoms with Gasteiger partial charge in [0.2, 0.25) is 17.7 Å². The van der Waals surface area contributed by atoms with Crippen molar-refractivity contribution in [2.24, 2.45) is 23.7 Å². The fraction of sp³-hybridized carbons (Fsp3) is 0.429. The first kappa shape index (κ1) is 17.5. The molecule has 3 fully saturated rings. The van der Waals surface area contributed by atoms with E-state index in [4.69, 9.17) is 0 Å². The van der Waals surface area contributed by atoms with Crippen LogP contribution in [0.2, 0.25) is 0 Å². The van der Waals surface area contributed by atoms with E-state index < -0.39 is 5.91 Å². The molecule has 1 saturated heterocycles. The van der Waals surface area contributed by atoms with E-state index in [2.05, 4.69) is 20.8 Å². The highest BCUT2D eigenvalue weighted by Gasteiger charge is 2.59. The Balaban J connectivity index is 1.17. The smallest absolute Gasteiger partial charge is 0.244 e. The van der Waals surface area contributed by atoms with Gasteiger partial charge in [0.15, 0.2) is 5.82 Å². The van der Waals surface area contributed by atoms with Crippen LogP contribution in [0, 0.1) is 23.7 Å². The Morgan fingerprint density at radius 1 is 1.10 bits per heavy atom. The molecule has 1 aromatic heterocycles. The summed E-state index contributed by atoms with van der Waals surface area (Å²) in [6, 6.07) is 7.60. The highest BCUT2D eigenvalue weighted by molar-refractivity contribution is 6.09. The zero-order valence-corrected chi connectivity index (χ0v) is 16.1. The van der Waals surface area contributed by atoms with Crippen molar-refractivity contribution in [2.45, 2.75) is 25.3 Å². The number of allylic oxidation sites excluding steroid dienone is 2. The number of likely N-dealkylation sites (tertiary alicyclic amines) is 1. The van der Waals surface area contributed by atoms with Crippen molar-refractivity contribution >= 4 is 23.4 Å². The van der Waals surface area contributed by atoms with Crippen LogP contribution < -0.4 is 5.32 Å². The molecule has 2 heterocycles. The van der Waals surface area contributed by atoms with Crippen LogP contribution in [0.25, 0.3) is 11.4 Å². The predicted molar refractivity (Wildman–Crippen MR) is 105 cm³/mol. The number of amides is 3. The number of fused-ring (bicyclic) bond motifs is 5. The highest BCUT2D eigenvalue weighted by atomic mass is 16.2. The number of hydrogen-bond acceptors (Lipinski definition) is 6. The van der Waals surface area contributed by atoms with Crippen LogP contribution in [0.1, 0.15) is 25.3 Å². The Morgan fingerprint density at radius 2 is 1.83 bits per heavy atom. The molecular formula is C21H20N6O3. The number of carbonyl (C=O) groups is 3. The molecule has 2 saturated carbocycles. The summed E-state index contributed by atoms with van der Waals surface area (Å²) < 4.78 is 1.81. The molecule has 4 aliphatic rings. The van der Waals surface area contributed by atoms with Crippen molar-refractivity contribution in [1.29, 1.82) is 0 Å². The van der Waals surface area contributed by atoms with Crippen LogP contribution in [0.3, 0.4) is 0 Å². The van der Waals surface area contributed by atoms with Crippen molar-refractivity contribution in [3.8, 4) is 11.4 Å². The number of nitrogens with zero attached hydrogens (tertiary/aromatic N) is 5. The minimum Gasteiger partial charge on any atom is -0.325 e. The summed E-state index contributed by atoms with van der Waals surface area (Å²) in [7, 11) is 0. The zero-order valence-electron chi connectivity index (χ0n) is 16.1. The first-order valence-electron chi connectivity index (χ1n) is 10.3. The monoisotopic (exact) mass is 404 g/mol. The van der Waals surface area contributed by atoms with E-state index in [0.717, 1.165) is 29.7 Å². The second-order valence-electron chi connectivity index (χ2n) is 8.57. The third-order valence-corrected chi connectivity index (χ3v) is 6.65.